The number of nitrogens with zero attached hydrogens (tertiary/aromatic N) is 2. The minimum Gasteiger partial charge on any atom is -0.492 e. The van der Waals surface area contributed by atoms with E-state index in [-0.39, 0.29) is 17.4 Å². The first-order valence-electron chi connectivity index (χ1n) is 12.3. The zero-order chi connectivity index (χ0) is 24.7. The van der Waals surface area contributed by atoms with Crippen molar-refractivity contribution in [1.82, 2.24) is 14.8 Å². The van der Waals surface area contributed by atoms with Gasteiger partial charge in [0.05, 0.1) is 12.6 Å². The standard InChI is InChI=1S/C27H31F4N3O/c1-17-13-20-19-7-3-4-8-23(19)32-25(20)26(34(17)16-27(2,30)31)24-21(28)14-18(15-22(24)29)35-12-11-33-9-5-6-10-33/h3-4,7-8,14-15,17,26,32H,5-6,9-13,16H2,1-2H3/t17-,26-/m1/s1. The average molecular weight is 490 g/mol. The molecule has 3 heterocycles. The number of rotatable bonds is 7. The van der Waals surface area contributed by atoms with E-state index in [1.54, 1.807) is 0 Å². The summed E-state index contributed by atoms with van der Waals surface area (Å²) in [6, 6.07) is 8.60. The SMILES string of the molecule is C[C@@H]1Cc2c([nH]c3ccccc23)[C@@H](c2c(F)cc(OCCN3CCCC3)cc2F)N1CC(C)(F)F. The molecule has 4 nitrogen and oxygen atoms in total. The highest BCUT2D eigenvalue weighted by atomic mass is 19.3. The molecular formula is C27H31F4N3O. The smallest absolute Gasteiger partial charge is 0.257 e. The van der Waals surface area contributed by atoms with E-state index in [4.69, 9.17) is 4.74 Å². The lowest BCUT2D eigenvalue weighted by atomic mass is 9.87. The molecule has 1 aromatic heterocycles. The fourth-order valence-electron chi connectivity index (χ4n) is 5.59. The zero-order valence-electron chi connectivity index (χ0n) is 20.1. The molecule has 0 spiro atoms. The summed E-state index contributed by atoms with van der Waals surface area (Å²) in [5.74, 6) is -4.51. The Kier molecular flexibility index (Phi) is 6.53. The van der Waals surface area contributed by atoms with E-state index in [0.717, 1.165) is 49.3 Å². The second-order valence-electron chi connectivity index (χ2n) is 9.96. The fraction of sp³-hybridized carbons (Fsp3) is 0.481. The normalized spacial score (nSPS) is 21.5. The second kappa shape index (κ2) is 9.47. The Balaban J connectivity index is 1.52. The summed E-state index contributed by atoms with van der Waals surface area (Å²) in [4.78, 5) is 7.04. The van der Waals surface area contributed by atoms with Crippen molar-refractivity contribution in [3.63, 3.8) is 0 Å². The van der Waals surface area contributed by atoms with Crippen molar-refractivity contribution >= 4 is 10.9 Å². The number of para-hydroxylation sites is 1. The van der Waals surface area contributed by atoms with Gasteiger partial charge in [0.2, 0.25) is 0 Å². The number of hydrogen-bond donors (Lipinski definition) is 1. The molecule has 2 aromatic carbocycles. The lowest BCUT2D eigenvalue weighted by Gasteiger charge is -2.42. The fourth-order valence-corrected chi connectivity index (χ4v) is 5.59. The summed E-state index contributed by atoms with van der Waals surface area (Å²) >= 11 is 0. The Labute approximate surface area is 202 Å². The van der Waals surface area contributed by atoms with Crippen LogP contribution in [-0.2, 0) is 6.42 Å². The Morgan fingerprint density at radius 3 is 2.46 bits per heavy atom. The van der Waals surface area contributed by atoms with Gasteiger partial charge in [0.15, 0.2) is 0 Å². The molecule has 1 saturated heterocycles. The van der Waals surface area contributed by atoms with Crippen molar-refractivity contribution in [3.8, 4) is 5.75 Å². The first-order valence-corrected chi connectivity index (χ1v) is 12.3. The van der Waals surface area contributed by atoms with E-state index in [0.29, 0.717) is 25.3 Å². The maximum absolute atomic E-state index is 15.5. The van der Waals surface area contributed by atoms with Crippen molar-refractivity contribution in [3.05, 3.63) is 64.9 Å². The molecule has 0 aliphatic carbocycles. The van der Waals surface area contributed by atoms with E-state index in [2.05, 4.69) is 9.88 Å². The molecule has 0 amide bonds. The summed E-state index contributed by atoms with van der Waals surface area (Å²) in [6.45, 7) is 5.10. The molecule has 0 unspecified atom stereocenters. The van der Waals surface area contributed by atoms with Gasteiger partial charge < -0.3 is 9.72 Å². The number of likely N-dealkylation sites (tertiary alicyclic amines) is 1. The molecular weight excluding hydrogens is 458 g/mol. The van der Waals surface area contributed by atoms with Crippen LogP contribution in [0.5, 0.6) is 5.75 Å². The van der Waals surface area contributed by atoms with E-state index in [9.17, 15) is 8.78 Å². The lowest BCUT2D eigenvalue weighted by molar-refractivity contribution is -0.0374. The molecule has 8 heteroatoms. The first kappa shape index (κ1) is 24.1. The summed E-state index contributed by atoms with van der Waals surface area (Å²) in [5, 5.41) is 0.949. The van der Waals surface area contributed by atoms with Crippen LogP contribution in [0, 0.1) is 11.6 Å². The molecule has 35 heavy (non-hydrogen) atoms. The maximum Gasteiger partial charge on any atom is 0.257 e. The van der Waals surface area contributed by atoms with Crippen molar-refractivity contribution < 1.29 is 22.3 Å². The van der Waals surface area contributed by atoms with Crippen LogP contribution in [0.2, 0.25) is 0 Å². The van der Waals surface area contributed by atoms with Crippen LogP contribution in [0.1, 0.15) is 49.6 Å². The third-order valence-electron chi connectivity index (χ3n) is 7.18. The molecule has 5 rings (SSSR count). The van der Waals surface area contributed by atoms with Gasteiger partial charge in [-0.3, -0.25) is 9.80 Å². The molecule has 2 aliphatic heterocycles. The van der Waals surface area contributed by atoms with E-state index in [1.165, 1.54) is 17.0 Å². The number of aromatic nitrogens is 1. The Bertz CT molecular complexity index is 1180. The van der Waals surface area contributed by atoms with Crippen molar-refractivity contribution in [2.24, 2.45) is 0 Å². The number of benzene rings is 2. The van der Waals surface area contributed by atoms with E-state index < -0.39 is 30.1 Å². The molecule has 0 bridgehead atoms. The Hall–Kier alpha value is -2.58. The van der Waals surface area contributed by atoms with E-state index >= 15 is 8.78 Å². The summed E-state index contributed by atoms with van der Waals surface area (Å²) in [6.07, 6.45) is 2.81. The van der Waals surface area contributed by atoms with Gasteiger partial charge in [-0.15, -0.1) is 0 Å². The van der Waals surface area contributed by atoms with Crippen LogP contribution in [0.15, 0.2) is 36.4 Å². The van der Waals surface area contributed by atoms with Crippen molar-refractivity contribution in [1.29, 1.82) is 0 Å². The van der Waals surface area contributed by atoms with Crippen LogP contribution >= 0.6 is 0 Å². The van der Waals surface area contributed by atoms with Gasteiger partial charge in [-0.2, -0.15) is 0 Å². The van der Waals surface area contributed by atoms with Crippen LogP contribution in [0.25, 0.3) is 10.9 Å². The number of aromatic amines is 1. The average Bonchev–Trinajstić information content (AvgIpc) is 3.42. The second-order valence-corrected chi connectivity index (χ2v) is 9.96. The first-order chi connectivity index (χ1) is 16.7. The molecule has 1 fully saturated rings. The minimum atomic E-state index is -3.03. The van der Waals surface area contributed by atoms with Gasteiger partial charge in [-0.25, -0.2) is 17.6 Å². The predicted molar refractivity (Wildman–Crippen MR) is 128 cm³/mol. The molecule has 1 N–H and O–H groups in total. The third kappa shape index (κ3) is 4.91. The topological polar surface area (TPSA) is 31.5 Å². The third-order valence-corrected chi connectivity index (χ3v) is 7.18. The zero-order valence-corrected chi connectivity index (χ0v) is 20.1. The van der Waals surface area contributed by atoms with Gasteiger partial charge in [0.1, 0.15) is 24.0 Å². The van der Waals surface area contributed by atoms with Gasteiger partial charge in [0.25, 0.3) is 5.92 Å². The number of ether oxygens (including phenoxy) is 1. The molecule has 2 aliphatic rings. The summed E-state index contributed by atoms with van der Waals surface area (Å²) in [7, 11) is 0. The minimum absolute atomic E-state index is 0.107. The monoisotopic (exact) mass is 489 g/mol. The number of halogens is 4. The van der Waals surface area contributed by atoms with Gasteiger partial charge in [0, 0.05) is 53.8 Å². The van der Waals surface area contributed by atoms with Crippen molar-refractivity contribution in [2.45, 2.75) is 51.1 Å². The highest BCUT2D eigenvalue weighted by molar-refractivity contribution is 5.85. The number of H-pyrrole nitrogens is 1. The van der Waals surface area contributed by atoms with Crippen molar-refractivity contribution in [2.75, 3.05) is 32.8 Å². The summed E-state index contributed by atoms with van der Waals surface area (Å²) < 4.78 is 65.2. The number of hydrogen-bond acceptors (Lipinski definition) is 3. The van der Waals surface area contributed by atoms with Crippen LogP contribution in [-0.4, -0.2) is 59.5 Å². The molecule has 0 radical (unpaired) electrons. The van der Waals surface area contributed by atoms with Gasteiger partial charge >= 0.3 is 0 Å². The quantitative estimate of drug-likeness (QED) is 0.419. The van der Waals surface area contributed by atoms with E-state index in [1.807, 2.05) is 31.2 Å². The number of nitrogens with one attached hydrogen (secondary N) is 1. The van der Waals surface area contributed by atoms with Crippen LogP contribution in [0.4, 0.5) is 17.6 Å². The van der Waals surface area contributed by atoms with Gasteiger partial charge in [-0.05, 0) is 50.9 Å². The molecule has 188 valence electrons. The van der Waals surface area contributed by atoms with Gasteiger partial charge in [-0.1, -0.05) is 18.2 Å². The van der Waals surface area contributed by atoms with Crippen LogP contribution in [0.3, 0.4) is 0 Å². The largest absolute Gasteiger partial charge is 0.492 e. The highest BCUT2D eigenvalue weighted by Gasteiger charge is 2.42. The Morgan fingerprint density at radius 2 is 1.77 bits per heavy atom. The Morgan fingerprint density at radius 1 is 1.09 bits per heavy atom. The lowest BCUT2D eigenvalue weighted by Crippen LogP contribution is -2.47. The molecule has 2 atom stereocenters. The highest BCUT2D eigenvalue weighted by Crippen LogP contribution is 2.43. The molecule has 0 saturated carbocycles. The maximum atomic E-state index is 15.5. The van der Waals surface area contributed by atoms with Crippen LogP contribution < -0.4 is 4.74 Å². The summed E-state index contributed by atoms with van der Waals surface area (Å²) in [5.41, 5.74) is 2.07. The number of alkyl halides is 2. The number of fused-ring (bicyclic) bond motifs is 3. The predicted octanol–water partition coefficient (Wildman–Crippen LogP) is 5.91. The molecule has 3 aromatic rings.